The Balaban J connectivity index is 2.15. The molecule has 6 heteroatoms. The van der Waals surface area contributed by atoms with Crippen LogP contribution < -0.4 is 16.4 Å². The molecule has 0 aromatic heterocycles. The predicted molar refractivity (Wildman–Crippen MR) is 106 cm³/mol. The molecule has 0 radical (unpaired) electrons. The Morgan fingerprint density at radius 1 is 1.23 bits per heavy atom. The van der Waals surface area contributed by atoms with Crippen LogP contribution in [0.5, 0.6) is 0 Å². The summed E-state index contributed by atoms with van der Waals surface area (Å²) in [6.45, 7) is 8.50. The number of rotatable bonds is 3. The van der Waals surface area contributed by atoms with E-state index in [0.29, 0.717) is 11.4 Å². The van der Waals surface area contributed by atoms with Crippen LogP contribution in [0.2, 0.25) is 5.02 Å². The van der Waals surface area contributed by atoms with E-state index in [1.165, 1.54) is 6.07 Å². The maximum absolute atomic E-state index is 13.7. The lowest BCUT2D eigenvalue weighted by Gasteiger charge is -2.42. The van der Waals surface area contributed by atoms with E-state index in [1.807, 2.05) is 24.3 Å². The molecule has 4 nitrogen and oxygen atoms in total. The fraction of sp³-hybridized carbons (Fsp3) is 0.350. The molecular formula is C20H24ClFN4. The van der Waals surface area contributed by atoms with Crippen molar-refractivity contribution < 1.29 is 4.39 Å². The maximum atomic E-state index is 13.7. The Hall–Kier alpha value is -2.11. The van der Waals surface area contributed by atoms with Gasteiger partial charge in [-0.15, -0.1) is 0 Å². The van der Waals surface area contributed by atoms with Crippen molar-refractivity contribution in [2.45, 2.75) is 39.5 Å². The number of benzene rings is 2. The maximum Gasteiger partial charge on any atom is 0.214 e. The first-order chi connectivity index (χ1) is 12.1. The predicted octanol–water partition coefficient (Wildman–Crippen LogP) is 4.44. The number of para-hydroxylation sites is 1. The molecule has 138 valence electrons. The molecule has 1 heterocycles. The highest BCUT2D eigenvalue weighted by atomic mass is 35.5. The molecular weight excluding hydrogens is 351 g/mol. The summed E-state index contributed by atoms with van der Waals surface area (Å²) in [6.07, 6.45) is 0. The van der Waals surface area contributed by atoms with Crippen molar-refractivity contribution in [3.63, 3.8) is 0 Å². The van der Waals surface area contributed by atoms with Crippen LogP contribution in [0, 0.1) is 11.2 Å². The van der Waals surface area contributed by atoms with Gasteiger partial charge in [0.05, 0.1) is 5.02 Å². The number of nitrogens with one attached hydrogen (secondary N) is 2. The zero-order valence-electron chi connectivity index (χ0n) is 15.4. The largest absolute Gasteiger partial charge is 0.383 e. The van der Waals surface area contributed by atoms with E-state index in [4.69, 9.17) is 22.3 Å². The highest BCUT2D eigenvalue weighted by molar-refractivity contribution is 6.30. The molecule has 0 spiro atoms. The molecule has 0 saturated heterocycles. The second-order valence-electron chi connectivity index (χ2n) is 7.74. The summed E-state index contributed by atoms with van der Waals surface area (Å²) >= 11 is 6.05. The van der Waals surface area contributed by atoms with E-state index in [1.54, 1.807) is 12.1 Å². The Morgan fingerprint density at radius 2 is 1.92 bits per heavy atom. The standard InChI is InChI=1S/C20H24ClFN4/c1-12(19(2,3)4)24-20(13-9-10-16(22)15(21)11-13)25-17-8-6-5-7-14(17)18(23)26-20/h5-12,24-25H,1-4H3,(H2,23,26). The molecule has 2 atom stereocenters. The van der Waals surface area contributed by atoms with Gasteiger partial charge in [0.15, 0.2) is 0 Å². The Morgan fingerprint density at radius 3 is 2.58 bits per heavy atom. The average Bonchev–Trinajstić information content (AvgIpc) is 2.56. The van der Waals surface area contributed by atoms with Gasteiger partial charge in [0.2, 0.25) is 5.79 Å². The summed E-state index contributed by atoms with van der Waals surface area (Å²) in [5.74, 6) is -1.10. The summed E-state index contributed by atoms with van der Waals surface area (Å²) in [5.41, 5.74) is 8.63. The van der Waals surface area contributed by atoms with E-state index < -0.39 is 11.6 Å². The van der Waals surface area contributed by atoms with Crippen LogP contribution in [0.1, 0.15) is 38.8 Å². The lowest BCUT2D eigenvalue weighted by molar-refractivity contribution is 0.224. The first kappa shape index (κ1) is 18.7. The summed E-state index contributed by atoms with van der Waals surface area (Å²) in [5, 5.41) is 7.04. The van der Waals surface area contributed by atoms with Gasteiger partial charge in [-0.25, -0.2) is 9.38 Å². The van der Waals surface area contributed by atoms with Gasteiger partial charge in [-0.3, -0.25) is 5.32 Å². The SMILES string of the molecule is CC(NC1(c2ccc(F)c(Cl)c2)N=C(N)c2ccccc2N1)C(C)(C)C. The van der Waals surface area contributed by atoms with Gasteiger partial charge >= 0.3 is 0 Å². The minimum Gasteiger partial charge on any atom is -0.383 e. The van der Waals surface area contributed by atoms with E-state index in [-0.39, 0.29) is 16.5 Å². The molecule has 26 heavy (non-hydrogen) atoms. The zero-order chi connectivity index (χ0) is 19.1. The van der Waals surface area contributed by atoms with Crippen molar-refractivity contribution in [3.05, 3.63) is 64.4 Å². The molecule has 0 bridgehead atoms. The normalized spacial score (nSPS) is 20.8. The molecule has 1 aliphatic rings. The third-order valence-corrected chi connectivity index (χ3v) is 5.16. The lowest BCUT2D eigenvalue weighted by Crippen LogP contribution is -2.57. The van der Waals surface area contributed by atoms with Gasteiger partial charge in [-0.2, -0.15) is 0 Å². The van der Waals surface area contributed by atoms with Crippen molar-refractivity contribution >= 4 is 23.1 Å². The first-order valence-electron chi connectivity index (χ1n) is 8.58. The van der Waals surface area contributed by atoms with Crippen LogP contribution in [0.15, 0.2) is 47.5 Å². The molecule has 2 unspecified atom stereocenters. The second kappa shape index (κ2) is 6.56. The molecule has 0 amide bonds. The topological polar surface area (TPSA) is 62.4 Å². The van der Waals surface area contributed by atoms with Gasteiger partial charge in [-0.05, 0) is 36.6 Å². The van der Waals surface area contributed by atoms with Crippen LogP contribution in [0.3, 0.4) is 0 Å². The van der Waals surface area contributed by atoms with Crippen molar-refractivity contribution in [1.82, 2.24) is 5.32 Å². The fourth-order valence-corrected chi connectivity index (χ4v) is 3.00. The third-order valence-electron chi connectivity index (χ3n) is 4.87. The molecule has 1 aliphatic heterocycles. The number of fused-ring (bicyclic) bond motifs is 1. The number of aliphatic imine (C=N–C) groups is 1. The van der Waals surface area contributed by atoms with Gasteiger partial charge < -0.3 is 11.1 Å². The van der Waals surface area contributed by atoms with Crippen molar-refractivity contribution in [2.75, 3.05) is 5.32 Å². The van der Waals surface area contributed by atoms with Crippen LogP contribution in [-0.4, -0.2) is 11.9 Å². The highest BCUT2D eigenvalue weighted by Gasteiger charge is 2.39. The average molecular weight is 375 g/mol. The highest BCUT2D eigenvalue weighted by Crippen LogP contribution is 2.35. The Bertz CT molecular complexity index is 859. The first-order valence-corrected chi connectivity index (χ1v) is 8.96. The minimum atomic E-state index is -1.04. The molecule has 2 aromatic rings. The molecule has 4 N–H and O–H groups in total. The molecule has 2 aromatic carbocycles. The van der Waals surface area contributed by atoms with Gasteiger partial charge in [0.25, 0.3) is 0 Å². The van der Waals surface area contributed by atoms with Gasteiger partial charge in [-0.1, -0.05) is 50.6 Å². The minimum absolute atomic E-state index is 0.0280. The van der Waals surface area contributed by atoms with Gasteiger partial charge in [0.1, 0.15) is 11.7 Å². The number of nitrogens with zero attached hydrogens (tertiary/aromatic N) is 1. The smallest absolute Gasteiger partial charge is 0.214 e. The molecule has 0 aliphatic carbocycles. The molecule has 0 saturated carbocycles. The van der Waals surface area contributed by atoms with Gasteiger partial charge in [0, 0.05) is 22.9 Å². The monoisotopic (exact) mass is 374 g/mol. The number of hydrogen-bond acceptors (Lipinski definition) is 4. The second-order valence-corrected chi connectivity index (χ2v) is 8.15. The summed E-state index contributed by atoms with van der Waals surface area (Å²) < 4.78 is 13.7. The Labute approximate surface area is 158 Å². The molecule has 3 rings (SSSR count). The van der Waals surface area contributed by atoms with E-state index in [2.05, 4.69) is 38.3 Å². The van der Waals surface area contributed by atoms with Crippen molar-refractivity contribution in [1.29, 1.82) is 0 Å². The van der Waals surface area contributed by atoms with Crippen LogP contribution in [0.4, 0.5) is 10.1 Å². The zero-order valence-corrected chi connectivity index (χ0v) is 16.2. The third kappa shape index (κ3) is 3.41. The van der Waals surface area contributed by atoms with Crippen LogP contribution >= 0.6 is 11.6 Å². The number of nitrogens with two attached hydrogens (primary N) is 1. The summed E-state index contributed by atoms with van der Waals surface area (Å²) in [7, 11) is 0. The lowest BCUT2D eigenvalue weighted by atomic mass is 9.87. The van der Waals surface area contributed by atoms with E-state index in [9.17, 15) is 4.39 Å². The van der Waals surface area contributed by atoms with Crippen LogP contribution in [0.25, 0.3) is 0 Å². The van der Waals surface area contributed by atoms with E-state index in [0.717, 1.165) is 11.3 Å². The van der Waals surface area contributed by atoms with Crippen molar-refractivity contribution in [3.8, 4) is 0 Å². The number of hydrogen-bond donors (Lipinski definition) is 3. The van der Waals surface area contributed by atoms with E-state index >= 15 is 0 Å². The number of anilines is 1. The number of halogens is 2. The summed E-state index contributed by atoms with van der Waals surface area (Å²) in [6, 6.07) is 12.4. The Kier molecular flexibility index (Phi) is 4.71. The fourth-order valence-electron chi connectivity index (χ4n) is 2.82. The number of amidine groups is 1. The van der Waals surface area contributed by atoms with Crippen LogP contribution in [-0.2, 0) is 5.79 Å². The quantitative estimate of drug-likeness (QED) is 0.744. The summed E-state index contributed by atoms with van der Waals surface area (Å²) in [4.78, 5) is 4.74. The van der Waals surface area contributed by atoms with Crippen molar-refractivity contribution in [2.24, 2.45) is 16.1 Å². The molecule has 0 fully saturated rings.